The molecule has 0 bridgehead atoms. The number of benzene rings is 1. The molecule has 0 radical (unpaired) electrons. The highest BCUT2D eigenvalue weighted by molar-refractivity contribution is 5.91. The number of anilines is 3. The zero-order valence-corrected chi connectivity index (χ0v) is 16.1. The summed E-state index contributed by atoms with van der Waals surface area (Å²) in [4.78, 5) is 25.3. The van der Waals surface area contributed by atoms with Crippen molar-refractivity contribution < 1.29 is 9.21 Å². The van der Waals surface area contributed by atoms with Crippen LogP contribution in [0.5, 0.6) is 0 Å². The third-order valence-electron chi connectivity index (χ3n) is 4.72. The third kappa shape index (κ3) is 3.98. The molecule has 1 aromatic carbocycles. The fourth-order valence-electron chi connectivity index (χ4n) is 3.43. The lowest BCUT2D eigenvalue weighted by Gasteiger charge is -2.34. The van der Waals surface area contributed by atoms with Gasteiger partial charge in [-0.2, -0.15) is 4.98 Å². The summed E-state index contributed by atoms with van der Waals surface area (Å²) in [6.07, 6.45) is 3.28. The number of aryl methyl sites for hydroxylation is 2. The second kappa shape index (κ2) is 7.72. The van der Waals surface area contributed by atoms with Gasteiger partial charge in [-0.1, -0.05) is 6.07 Å². The van der Waals surface area contributed by atoms with Crippen molar-refractivity contribution in [2.45, 2.75) is 13.8 Å². The Balaban J connectivity index is 1.42. The van der Waals surface area contributed by atoms with Gasteiger partial charge >= 0.3 is 0 Å². The van der Waals surface area contributed by atoms with Crippen LogP contribution in [-0.2, 0) is 0 Å². The molecule has 1 saturated heterocycles. The minimum absolute atomic E-state index is 0.0733. The molecule has 0 atom stereocenters. The minimum Gasteiger partial charge on any atom is -0.459 e. The van der Waals surface area contributed by atoms with E-state index >= 15 is 0 Å². The van der Waals surface area contributed by atoms with Crippen LogP contribution in [0.15, 0.2) is 53.3 Å². The molecule has 7 nitrogen and oxygen atoms in total. The smallest absolute Gasteiger partial charge is 0.289 e. The first kappa shape index (κ1) is 18.0. The average Bonchev–Trinajstić information content (AvgIpc) is 3.22. The molecule has 0 spiro atoms. The lowest BCUT2D eigenvalue weighted by atomic mass is 10.1. The molecule has 1 N–H and O–H groups in total. The standard InChI is InChI=1S/C21H23N5O2/c1-15-12-16(2)14-17(13-15)23-19-5-6-22-21(24-19)26-9-7-25(8-10-26)20(27)18-4-3-11-28-18/h3-6,11-14H,7-10H2,1-2H3,(H,22,23,24). The van der Waals surface area contributed by atoms with Gasteiger partial charge in [0.05, 0.1) is 6.26 Å². The molecular formula is C21H23N5O2. The monoisotopic (exact) mass is 377 g/mol. The molecule has 1 amide bonds. The number of carbonyl (C=O) groups excluding carboxylic acids is 1. The largest absolute Gasteiger partial charge is 0.459 e. The first-order valence-electron chi connectivity index (χ1n) is 9.34. The van der Waals surface area contributed by atoms with E-state index in [1.54, 1.807) is 23.2 Å². The zero-order chi connectivity index (χ0) is 19.5. The molecule has 0 unspecified atom stereocenters. The molecule has 3 aromatic rings. The number of rotatable bonds is 4. The van der Waals surface area contributed by atoms with Gasteiger partial charge in [-0.3, -0.25) is 4.79 Å². The van der Waals surface area contributed by atoms with Gasteiger partial charge < -0.3 is 19.5 Å². The van der Waals surface area contributed by atoms with Crippen molar-refractivity contribution in [2.75, 3.05) is 36.4 Å². The molecule has 0 saturated carbocycles. The van der Waals surface area contributed by atoms with E-state index in [0.29, 0.717) is 37.9 Å². The van der Waals surface area contributed by atoms with Crippen LogP contribution in [-0.4, -0.2) is 47.0 Å². The van der Waals surface area contributed by atoms with Crippen molar-refractivity contribution in [3.63, 3.8) is 0 Å². The second-order valence-corrected chi connectivity index (χ2v) is 7.00. The van der Waals surface area contributed by atoms with Crippen molar-refractivity contribution in [1.29, 1.82) is 0 Å². The Bertz CT molecular complexity index is 942. The Morgan fingerprint density at radius 3 is 2.50 bits per heavy atom. The first-order chi connectivity index (χ1) is 13.6. The van der Waals surface area contributed by atoms with E-state index in [2.05, 4.69) is 52.2 Å². The number of aromatic nitrogens is 2. The fraction of sp³-hybridized carbons (Fsp3) is 0.286. The molecular weight excluding hydrogens is 354 g/mol. The third-order valence-corrected chi connectivity index (χ3v) is 4.72. The van der Waals surface area contributed by atoms with E-state index in [4.69, 9.17) is 4.42 Å². The van der Waals surface area contributed by atoms with E-state index in [-0.39, 0.29) is 5.91 Å². The van der Waals surface area contributed by atoms with Gasteiger partial charge in [0.15, 0.2) is 5.76 Å². The van der Waals surface area contributed by atoms with Crippen LogP contribution in [0.4, 0.5) is 17.5 Å². The number of piperazine rings is 1. The summed E-state index contributed by atoms with van der Waals surface area (Å²) in [5, 5.41) is 3.36. The topological polar surface area (TPSA) is 74.5 Å². The fourth-order valence-corrected chi connectivity index (χ4v) is 3.43. The maximum absolute atomic E-state index is 12.4. The van der Waals surface area contributed by atoms with Crippen LogP contribution < -0.4 is 10.2 Å². The number of furan rings is 1. The van der Waals surface area contributed by atoms with Crippen LogP contribution >= 0.6 is 0 Å². The maximum atomic E-state index is 12.4. The number of hydrogen-bond donors (Lipinski definition) is 1. The Kier molecular flexibility index (Phi) is 4.97. The molecule has 3 heterocycles. The van der Waals surface area contributed by atoms with E-state index in [9.17, 15) is 4.79 Å². The predicted octanol–water partition coefficient (Wildman–Crippen LogP) is 3.39. The number of carbonyl (C=O) groups is 1. The van der Waals surface area contributed by atoms with E-state index in [1.807, 2.05) is 6.07 Å². The van der Waals surface area contributed by atoms with E-state index in [0.717, 1.165) is 11.5 Å². The highest BCUT2D eigenvalue weighted by Crippen LogP contribution is 2.20. The lowest BCUT2D eigenvalue weighted by Crippen LogP contribution is -2.49. The zero-order valence-electron chi connectivity index (χ0n) is 16.1. The highest BCUT2D eigenvalue weighted by Gasteiger charge is 2.24. The van der Waals surface area contributed by atoms with Crippen LogP contribution in [0.2, 0.25) is 0 Å². The lowest BCUT2D eigenvalue weighted by molar-refractivity contribution is 0.0714. The van der Waals surface area contributed by atoms with E-state index in [1.165, 1.54) is 17.4 Å². The molecule has 0 aliphatic carbocycles. The summed E-state index contributed by atoms with van der Waals surface area (Å²) < 4.78 is 5.21. The SMILES string of the molecule is Cc1cc(C)cc(Nc2ccnc(N3CCN(C(=O)c4ccco4)CC3)n2)c1. The Morgan fingerprint density at radius 1 is 1.07 bits per heavy atom. The van der Waals surface area contributed by atoms with Gasteiger partial charge in [0.2, 0.25) is 5.95 Å². The molecule has 1 aliphatic rings. The van der Waals surface area contributed by atoms with Gasteiger partial charge in [-0.15, -0.1) is 0 Å². The van der Waals surface area contributed by atoms with Gasteiger partial charge in [-0.05, 0) is 55.3 Å². The molecule has 1 aliphatic heterocycles. The van der Waals surface area contributed by atoms with Crippen molar-refractivity contribution in [3.8, 4) is 0 Å². The quantitative estimate of drug-likeness (QED) is 0.751. The van der Waals surface area contributed by atoms with Crippen molar-refractivity contribution in [2.24, 2.45) is 0 Å². The summed E-state index contributed by atoms with van der Waals surface area (Å²) in [6, 6.07) is 11.6. The number of hydrogen-bond acceptors (Lipinski definition) is 6. The van der Waals surface area contributed by atoms with Crippen LogP contribution in [0.25, 0.3) is 0 Å². The predicted molar refractivity (Wildman–Crippen MR) is 108 cm³/mol. The molecule has 4 rings (SSSR count). The Morgan fingerprint density at radius 2 is 1.82 bits per heavy atom. The first-order valence-corrected chi connectivity index (χ1v) is 9.34. The van der Waals surface area contributed by atoms with Crippen molar-refractivity contribution in [3.05, 3.63) is 65.7 Å². The van der Waals surface area contributed by atoms with E-state index < -0.39 is 0 Å². The van der Waals surface area contributed by atoms with Crippen molar-refractivity contribution in [1.82, 2.24) is 14.9 Å². The molecule has 7 heteroatoms. The molecule has 1 fully saturated rings. The number of nitrogens with zero attached hydrogens (tertiary/aromatic N) is 4. The summed E-state index contributed by atoms with van der Waals surface area (Å²) in [5.74, 6) is 1.73. The highest BCUT2D eigenvalue weighted by atomic mass is 16.3. The van der Waals surface area contributed by atoms with Crippen LogP contribution in [0.1, 0.15) is 21.7 Å². The van der Waals surface area contributed by atoms with Crippen molar-refractivity contribution >= 4 is 23.4 Å². The van der Waals surface area contributed by atoms with Crippen LogP contribution in [0.3, 0.4) is 0 Å². The molecule has 28 heavy (non-hydrogen) atoms. The average molecular weight is 377 g/mol. The number of nitrogens with one attached hydrogen (secondary N) is 1. The van der Waals surface area contributed by atoms with Crippen LogP contribution in [0, 0.1) is 13.8 Å². The maximum Gasteiger partial charge on any atom is 0.289 e. The van der Waals surface area contributed by atoms with Gasteiger partial charge in [-0.25, -0.2) is 4.98 Å². The van der Waals surface area contributed by atoms with Gasteiger partial charge in [0, 0.05) is 38.1 Å². The molecule has 144 valence electrons. The molecule has 2 aromatic heterocycles. The normalized spacial score (nSPS) is 14.2. The summed E-state index contributed by atoms with van der Waals surface area (Å²) >= 11 is 0. The summed E-state index contributed by atoms with van der Waals surface area (Å²) in [7, 11) is 0. The van der Waals surface area contributed by atoms with Gasteiger partial charge in [0.1, 0.15) is 5.82 Å². The Hall–Kier alpha value is -3.35. The Labute approximate surface area is 164 Å². The minimum atomic E-state index is -0.0733. The number of amides is 1. The van der Waals surface area contributed by atoms with Gasteiger partial charge in [0.25, 0.3) is 5.91 Å². The second-order valence-electron chi connectivity index (χ2n) is 7.00. The summed E-state index contributed by atoms with van der Waals surface area (Å²) in [5.41, 5.74) is 3.42. The summed E-state index contributed by atoms with van der Waals surface area (Å²) in [6.45, 7) is 6.73.